The van der Waals surface area contributed by atoms with E-state index in [2.05, 4.69) is 30.8 Å². The Morgan fingerprint density at radius 3 is 2.73 bits per heavy atom. The number of aromatic nitrogens is 4. The van der Waals surface area contributed by atoms with E-state index in [0.29, 0.717) is 42.8 Å². The molecule has 10 nitrogen and oxygen atoms in total. The first-order valence-corrected chi connectivity index (χ1v) is 10.7. The third-order valence-electron chi connectivity index (χ3n) is 4.38. The minimum absolute atomic E-state index is 0.146. The zero-order chi connectivity index (χ0) is 22.1. The van der Waals surface area contributed by atoms with Gasteiger partial charge in [-0.2, -0.15) is 0 Å². The molecule has 1 unspecified atom stereocenters. The molecule has 0 aromatic carbocycles. The van der Waals surface area contributed by atoms with E-state index < -0.39 is 0 Å². The molecule has 2 aromatic heterocycles. The van der Waals surface area contributed by atoms with Gasteiger partial charge in [0.1, 0.15) is 22.3 Å². The van der Waals surface area contributed by atoms with Crippen LogP contribution in [0.3, 0.4) is 0 Å². The van der Waals surface area contributed by atoms with Crippen molar-refractivity contribution in [2.24, 2.45) is 12.0 Å². The minimum atomic E-state index is -0.338. The topological polar surface area (TPSA) is 116 Å². The van der Waals surface area contributed by atoms with Crippen LogP contribution in [-0.2, 0) is 23.1 Å². The van der Waals surface area contributed by atoms with E-state index in [0.717, 1.165) is 23.1 Å². The number of carbonyl (C=O) groups excluding carboxylic acids is 1. The number of thiazole rings is 1. The molecule has 30 heavy (non-hydrogen) atoms. The third kappa shape index (κ3) is 6.49. The summed E-state index contributed by atoms with van der Waals surface area (Å²) in [4.78, 5) is 21.8. The molecule has 0 saturated heterocycles. The monoisotopic (exact) mass is 437 g/mol. The summed E-state index contributed by atoms with van der Waals surface area (Å²) in [6, 6.07) is -0.146. The number of esters is 1. The van der Waals surface area contributed by atoms with E-state index in [9.17, 15) is 4.79 Å². The maximum Gasteiger partial charge on any atom is 0.350 e. The molecule has 0 aliphatic rings. The van der Waals surface area contributed by atoms with Crippen molar-refractivity contribution in [1.29, 1.82) is 0 Å². The van der Waals surface area contributed by atoms with Crippen molar-refractivity contribution in [2.75, 3.05) is 26.9 Å². The second kappa shape index (κ2) is 11.6. The predicted octanol–water partition coefficient (Wildman–Crippen LogP) is 1.90. The summed E-state index contributed by atoms with van der Waals surface area (Å²) in [6.07, 6.45) is 0.845. The maximum atomic E-state index is 12.1. The first kappa shape index (κ1) is 23.7. The fourth-order valence-corrected chi connectivity index (χ4v) is 3.53. The van der Waals surface area contributed by atoms with E-state index >= 15 is 0 Å². The highest BCUT2D eigenvalue weighted by Crippen LogP contribution is 2.24. The molecule has 0 radical (unpaired) electrons. The van der Waals surface area contributed by atoms with Gasteiger partial charge >= 0.3 is 5.97 Å². The number of ether oxygens (including phenoxy) is 2. The Kier molecular flexibility index (Phi) is 9.18. The first-order chi connectivity index (χ1) is 14.4. The number of nitrogens with zero attached hydrogens (tertiary/aromatic N) is 5. The Balaban J connectivity index is 2.11. The zero-order valence-corrected chi connectivity index (χ0v) is 19.3. The smallest absolute Gasteiger partial charge is 0.350 e. The lowest BCUT2D eigenvalue weighted by Crippen LogP contribution is -2.39. The van der Waals surface area contributed by atoms with Crippen LogP contribution in [0.5, 0.6) is 0 Å². The van der Waals surface area contributed by atoms with Crippen LogP contribution in [0, 0.1) is 13.8 Å². The van der Waals surface area contributed by atoms with Gasteiger partial charge in [0.25, 0.3) is 0 Å². The number of guanidine groups is 1. The minimum Gasteiger partial charge on any atom is -0.462 e. The predicted molar refractivity (Wildman–Crippen MR) is 116 cm³/mol. The van der Waals surface area contributed by atoms with Crippen LogP contribution < -0.4 is 10.6 Å². The second-order valence-corrected chi connectivity index (χ2v) is 7.74. The summed E-state index contributed by atoms with van der Waals surface area (Å²) in [5.41, 5.74) is 0.670. The van der Waals surface area contributed by atoms with Crippen LogP contribution in [0.2, 0.25) is 0 Å². The zero-order valence-electron chi connectivity index (χ0n) is 18.5. The molecule has 0 fully saturated rings. The molecule has 2 heterocycles. The Morgan fingerprint density at radius 1 is 1.33 bits per heavy atom. The van der Waals surface area contributed by atoms with Crippen molar-refractivity contribution in [3.05, 3.63) is 27.2 Å². The van der Waals surface area contributed by atoms with Gasteiger partial charge in [0, 0.05) is 27.3 Å². The first-order valence-electron chi connectivity index (χ1n) is 9.90. The van der Waals surface area contributed by atoms with Gasteiger partial charge in [0.15, 0.2) is 11.8 Å². The van der Waals surface area contributed by atoms with Crippen LogP contribution in [0.1, 0.15) is 58.3 Å². The summed E-state index contributed by atoms with van der Waals surface area (Å²) in [5.74, 6) is 1.90. The summed E-state index contributed by atoms with van der Waals surface area (Å²) in [5, 5.41) is 15.7. The van der Waals surface area contributed by atoms with E-state index in [-0.39, 0.29) is 12.0 Å². The number of hydrogen-bond acceptors (Lipinski definition) is 8. The Morgan fingerprint density at radius 2 is 2.10 bits per heavy atom. The molecule has 166 valence electrons. The van der Waals surface area contributed by atoms with Crippen LogP contribution >= 0.6 is 11.3 Å². The number of hydrogen-bond donors (Lipinski definition) is 2. The molecule has 0 spiro atoms. The Bertz CT molecular complexity index is 862. The average Bonchev–Trinajstić information content (AvgIpc) is 3.26. The highest BCUT2D eigenvalue weighted by atomic mass is 32.1. The van der Waals surface area contributed by atoms with Gasteiger partial charge in [-0.15, -0.1) is 21.5 Å². The van der Waals surface area contributed by atoms with Crippen molar-refractivity contribution in [3.63, 3.8) is 0 Å². The number of nitrogens with one attached hydrogen (secondary N) is 2. The number of carbonyl (C=O) groups is 1. The van der Waals surface area contributed by atoms with Gasteiger partial charge in [0.2, 0.25) is 0 Å². The summed E-state index contributed by atoms with van der Waals surface area (Å²) < 4.78 is 12.1. The number of aliphatic imine (C=N–C) groups is 1. The molecule has 0 amide bonds. The fourth-order valence-electron chi connectivity index (χ4n) is 2.57. The average molecular weight is 438 g/mol. The van der Waals surface area contributed by atoms with E-state index in [1.165, 1.54) is 11.3 Å². The second-order valence-electron chi connectivity index (χ2n) is 6.71. The van der Waals surface area contributed by atoms with Gasteiger partial charge in [0.05, 0.1) is 18.3 Å². The van der Waals surface area contributed by atoms with Crippen LogP contribution in [0.15, 0.2) is 4.99 Å². The van der Waals surface area contributed by atoms with Crippen LogP contribution in [0.4, 0.5) is 0 Å². The molecule has 2 N–H and O–H groups in total. The molecule has 0 aliphatic carbocycles. The molecule has 2 aromatic rings. The Hall–Kier alpha value is -2.53. The standard InChI is InChI=1S/C19H31N7O3S/c1-7-29-18(27)16-12(2)22-17(30-16)13(3)23-19(20-9-8-10-28-6)21-11-15-25-24-14(4)26(15)5/h13H,7-11H2,1-6H3,(H2,20,21,23). The van der Waals surface area contributed by atoms with Crippen molar-refractivity contribution >= 4 is 23.3 Å². The molecule has 11 heteroatoms. The molecule has 2 rings (SSSR count). The van der Waals surface area contributed by atoms with Crippen LogP contribution in [-0.4, -0.2) is 58.5 Å². The van der Waals surface area contributed by atoms with E-state index in [1.54, 1.807) is 14.0 Å². The molecule has 0 saturated carbocycles. The van der Waals surface area contributed by atoms with Gasteiger partial charge in [-0.1, -0.05) is 0 Å². The normalized spacial score (nSPS) is 12.7. The third-order valence-corrected chi connectivity index (χ3v) is 5.70. The molecule has 0 bridgehead atoms. The summed E-state index contributed by atoms with van der Waals surface area (Å²) in [6.45, 7) is 9.56. The van der Waals surface area contributed by atoms with E-state index in [4.69, 9.17) is 9.47 Å². The number of methoxy groups -OCH3 is 1. The van der Waals surface area contributed by atoms with Crippen LogP contribution in [0.25, 0.3) is 0 Å². The molecular formula is C19H31N7O3S. The van der Waals surface area contributed by atoms with Crippen molar-refractivity contribution in [2.45, 2.75) is 46.7 Å². The lowest BCUT2D eigenvalue weighted by atomic mass is 10.3. The number of rotatable bonds is 10. The van der Waals surface area contributed by atoms with Crippen molar-refractivity contribution in [3.8, 4) is 0 Å². The molecule has 1 atom stereocenters. The van der Waals surface area contributed by atoms with Crippen molar-refractivity contribution < 1.29 is 14.3 Å². The van der Waals surface area contributed by atoms with E-state index in [1.807, 2.05) is 32.4 Å². The largest absolute Gasteiger partial charge is 0.462 e. The maximum absolute atomic E-state index is 12.1. The highest BCUT2D eigenvalue weighted by Gasteiger charge is 2.20. The number of aryl methyl sites for hydroxylation is 2. The van der Waals surface area contributed by atoms with Gasteiger partial charge in [-0.05, 0) is 34.1 Å². The van der Waals surface area contributed by atoms with Gasteiger partial charge in [-0.25, -0.2) is 14.8 Å². The lowest BCUT2D eigenvalue weighted by Gasteiger charge is -2.16. The van der Waals surface area contributed by atoms with Crippen molar-refractivity contribution in [1.82, 2.24) is 30.4 Å². The van der Waals surface area contributed by atoms with Gasteiger partial charge in [-0.3, -0.25) is 0 Å². The summed E-state index contributed by atoms with van der Waals surface area (Å²) >= 11 is 1.33. The summed E-state index contributed by atoms with van der Waals surface area (Å²) in [7, 11) is 3.59. The highest BCUT2D eigenvalue weighted by molar-refractivity contribution is 7.13. The molecule has 0 aliphatic heterocycles. The van der Waals surface area contributed by atoms with Gasteiger partial charge < -0.3 is 24.7 Å². The SMILES string of the molecule is CCOC(=O)c1sc(C(C)NC(=NCc2nnc(C)n2C)NCCCOC)nc1C. The Labute approximate surface area is 181 Å². The lowest BCUT2D eigenvalue weighted by molar-refractivity contribution is 0.0531. The quantitative estimate of drug-likeness (QED) is 0.251. The fraction of sp³-hybridized carbons (Fsp3) is 0.632. The molecular weight excluding hydrogens is 406 g/mol.